The van der Waals surface area contributed by atoms with Gasteiger partial charge in [0.2, 0.25) is 0 Å². The van der Waals surface area contributed by atoms with Crippen LogP contribution in [0.3, 0.4) is 0 Å². The fourth-order valence-electron chi connectivity index (χ4n) is 2.76. The van der Waals surface area contributed by atoms with Gasteiger partial charge in [0.25, 0.3) is 0 Å². The van der Waals surface area contributed by atoms with Crippen LogP contribution in [0.2, 0.25) is 0 Å². The van der Waals surface area contributed by atoms with E-state index in [1.807, 2.05) is 18.2 Å². The molecular weight excluding hydrogens is 212 g/mol. The maximum absolute atomic E-state index is 9.84. The highest BCUT2D eigenvalue weighted by Gasteiger charge is 2.31. The van der Waals surface area contributed by atoms with Gasteiger partial charge in [-0.15, -0.1) is 0 Å². The van der Waals surface area contributed by atoms with Crippen molar-refractivity contribution in [3.8, 4) is 5.75 Å². The molecule has 1 aromatic heterocycles. The molecule has 2 N–H and O–H groups in total. The molecule has 1 unspecified atom stereocenters. The van der Waals surface area contributed by atoms with Gasteiger partial charge in [-0.2, -0.15) is 0 Å². The molecule has 1 saturated heterocycles. The van der Waals surface area contributed by atoms with Crippen LogP contribution in [-0.2, 0) is 5.54 Å². The van der Waals surface area contributed by atoms with Crippen LogP contribution < -0.4 is 5.32 Å². The maximum atomic E-state index is 9.84. The lowest BCUT2D eigenvalue weighted by atomic mass is 9.87. The molecule has 3 heteroatoms. The first-order valence-corrected chi connectivity index (χ1v) is 6.03. The van der Waals surface area contributed by atoms with Crippen LogP contribution >= 0.6 is 0 Å². The van der Waals surface area contributed by atoms with E-state index in [4.69, 9.17) is 0 Å². The van der Waals surface area contributed by atoms with Crippen molar-refractivity contribution in [2.45, 2.75) is 25.3 Å². The fraction of sp³-hybridized carbons (Fsp3) is 0.357. The third-order valence-electron chi connectivity index (χ3n) is 3.71. The monoisotopic (exact) mass is 228 g/mol. The van der Waals surface area contributed by atoms with Gasteiger partial charge >= 0.3 is 0 Å². The second-order valence-corrected chi connectivity index (χ2v) is 4.89. The number of aromatic hydroxyl groups is 1. The Morgan fingerprint density at radius 1 is 1.35 bits per heavy atom. The number of benzene rings is 1. The Hall–Kier alpha value is -1.61. The standard InChI is InChI=1S/C14H16N2O/c1-14(7-3-9-16-14)11-5-6-12(17)13-10(11)4-2-8-15-13/h2,4-6,8,16-17H,3,7,9H2,1H3. The van der Waals surface area contributed by atoms with Gasteiger partial charge in [-0.3, -0.25) is 4.98 Å². The van der Waals surface area contributed by atoms with E-state index in [1.54, 1.807) is 12.3 Å². The number of rotatable bonds is 1. The summed E-state index contributed by atoms with van der Waals surface area (Å²) in [4.78, 5) is 4.27. The predicted octanol–water partition coefficient (Wildman–Crippen LogP) is 2.54. The van der Waals surface area contributed by atoms with E-state index in [2.05, 4.69) is 17.2 Å². The second-order valence-electron chi connectivity index (χ2n) is 4.89. The lowest BCUT2D eigenvalue weighted by molar-refractivity contribution is 0.437. The Morgan fingerprint density at radius 2 is 2.24 bits per heavy atom. The van der Waals surface area contributed by atoms with Crippen LogP contribution in [0.1, 0.15) is 25.3 Å². The summed E-state index contributed by atoms with van der Waals surface area (Å²) in [5.41, 5.74) is 1.94. The van der Waals surface area contributed by atoms with Gasteiger partial charge in [-0.05, 0) is 44.0 Å². The summed E-state index contributed by atoms with van der Waals surface area (Å²) in [6.07, 6.45) is 4.04. The van der Waals surface area contributed by atoms with Crippen LogP contribution in [0, 0.1) is 0 Å². The molecular formula is C14H16N2O. The molecule has 0 bridgehead atoms. The van der Waals surface area contributed by atoms with E-state index in [0.717, 1.165) is 18.4 Å². The van der Waals surface area contributed by atoms with E-state index in [0.29, 0.717) is 5.52 Å². The van der Waals surface area contributed by atoms with Crippen LogP contribution in [-0.4, -0.2) is 16.6 Å². The fourth-order valence-corrected chi connectivity index (χ4v) is 2.76. The van der Waals surface area contributed by atoms with Gasteiger partial charge < -0.3 is 10.4 Å². The molecule has 1 fully saturated rings. The number of aromatic nitrogens is 1. The molecule has 17 heavy (non-hydrogen) atoms. The van der Waals surface area contributed by atoms with E-state index >= 15 is 0 Å². The zero-order chi connectivity index (χ0) is 11.9. The largest absolute Gasteiger partial charge is 0.506 e. The summed E-state index contributed by atoms with van der Waals surface area (Å²) in [5, 5.41) is 14.4. The van der Waals surface area contributed by atoms with Crippen LogP contribution in [0.4, 0.5) is 0 Å². The summed E-state index contributed by atoms with van der Waals surface area (Å²) in [7, 11) is 0. The molecule has 0 amide bonds. The summed E-state index contributed by atoms with van der Waals surface area (Å²) >= 11 is 0. The highest BCUT2D eigenvalue weighted by molar-refractivity contribution is 5.88. The first-order valence-electron chi connectivity index (χ1n) is 6.03. The third kappa shape index (κ3) is 1.58. The van der Waals surface area contributed by atoms with E-state index in [1.165, 1.54) is 12.0 Å². The zero-order valence-electron chi connectivity index (χ0n) is 9.90. The number of fused-ring (bicyclic) bond motifs is 1. The van der Waals surface area contributed by atoms with Crippen molar-refractivity contribution < 1.29 is 5.11 Å². The van der Waals surface area contributed by atoms with Gasteiger partial charge in [0, 0.05) is 17.1 Å². The lowest BCUT2D eigenvalue weighted by Crippen LogP contribution is -2.33. The summed E-state index contributed by atoms with van der Waals surface area (Å²) in [6, 6.07) is 7.71. The van der Waals surface area contributed by atoms with Gasteiger partial charge in [0.15, 0.2) is 0 Å². The van der Waals surface area contributed by atoms with Gasteiger partial charge in [0.1, 0.15) is 11.3 Å². The molecule has 1 atom stereocenters. The highest BCUT2D eigenvalue weighted by Crippen LogP contribution is 2.36. The van der Waals surface area contributed by atoms with Gasteiger partial charge in [-0.25, -0.2) is 0 Å². The summed E-state index contributed by atoms with van der Waals surface area (Å²) in [5.74, 6) is 0.256. The minimum atomic E-state index is 0.00891. The minimum Gasteiger partial charge on any atom is -0.506 e. The van der Waals surface area contributed by atoms with E-state index < -0.39 is 0 Å². The Bertz CT molecular complexity index is 559. The van der Waals surface area contributed by atoms with Crippen LogP contribution in [0.5, 0.6) is 5.75 Å². The topological polar surface area (TPSA) is 45.2 Å². The number of pyridine rings is 1. The Labute approximate surface area is 100 Å². The molecule has 3 rings (SSSR count). The second kappa shape index (κ2) is 3.70. The number of phenolic OH excluding ortho intramolecular Hbond substituents is 1. The van der Waals surface area contributed by atoms with Crippen LogP contribution in [0.25, 0.3) is 10.9 Å². The normalized spacial score (nSPS) is 24.3. The van der Waals surface area contributed by atoms with Crippen molar-refractivity contribution in [2.24, 2.45) is 0 Å². The Morgan fingerprint density at radius 3 is 3.00 bits per heavy atom. The van der Waals surface area contributed by atoms with Crippen molar-refractivity contribution in [2.75, 3.05) is 6.54 Å². The van der Waals surface area contributed by atoms with Crippen molar-refractivity contribution in [1.82, 2.24) is 10.3 Å². The van der Waals surface area contributed by atoms with Crippen molar-refractivity contribution >= 4 is 10.9 Å². The highest BCUT2D eigenvalue weighted by atomic mass is 16.3. The maximum Gasteiger partial charge on any atom is 0.141 e. The SMILES string of the molecule is CC1(c2ccc(O)c3ncccc23)CCCN1. The first-order chi connectivity index (χ1) is 8.21. The zero-order valence-corrected chi connectivity index (χ0v) is 9.90. The van der Waals surface area contributed by atoms with E-state index in [9.17, 15) is 5.11 Å². The van der Waals surface area contributed by atoms with E-state index in [-0.39, 0.29) is 11.3 Å². The third-order valence-corrected chi connectivity index (χ3v) is 3.71. The van der Waals surface area contributed by atoms with Gasteiger partial charge in [-0.1, -0.05) is 12.1 Å². The smallest absolute Gasteiger partial charge is 0.141 e. The minimum absolute atomic E-state index is 0.00891. The summed E-state index contributed by atoms with van der Waals surface area (Å²) < 4.78 is 0. The number of nitrogens with one attached hydrogen (secondary N) is 1. The molecule has 0 saturated carbocycles. The van der Waals surface area contributed by atoms with Crippen molar-refractivity contribution in [3.05, 3.63) is 36.0 Å². The lowest BCUT2D eigenvalue weighted by Gasteiger charge is -2.26. The number of phenols is 1. The molecule has 0 aliphatic carbocycles. The van der Waals surface area contributed by atoms with Crippen molar-refractivity contribution in [1.29, 1.82) is 0 Å². The molecule has 2 aromatic rings. The molecule has 1 aromatic carbocycles. The average molecular weight is 228 g/mol. The van der Waals surface area contributed by atoms with Crippen LogP contribution in [0.15, 0.2) is 30.5 Å². The molecule has 0 radical (unpaired) electrons. The average Bonchev–Trinajstić information content (AvgIpc) is 2.78. The quantitative estimate of drug-likeness (QED) is 0.788. The van der Waals surface area contributed by atoms with Crippen molar-refractivity contribution in [3.63, 3.8) is 0 Å². The molecule has 0 spiro atoms. The molecule has 2 heterocycles. The number of hydrogen-bond acceptors (Lipinski definition) is 3. The molecule has 1 aliphatic rings. The number of nitrogens with zero attached hydrogens (tertiary/aromatic N) is 1. The first kappa shape index (κ1) is 10.5. The van der Waals surface area contributed by atoms with Gasteiger partial charge in [0.05, 0.1) is 0 Å². The number of hydrogen-bond donors (Lipinski definition) is 2. The molecule has 3 nitrogen and oxygen atoms in total. The summed E-state index contributed by atoms with van der Waals surface area (Å²) in [6.45, 7) is 3.28. The molecule has 88 valence electrons. The Balaban J connectivity index is 2.27. The molecule has 1 aliphatic heterocycles. The Kier molecular flexibility index (Phi) is 2.30. The predicted molar refractivity (Wildman–Crippen MR) is 68.0 cm³/mol.